The van der Waals surface area contributed by atoms with Crippen molar-refractivity contribution < 1.29 is 22.8 Å². The SMILES string of the molecule is Cc1ccc(C2=Nn3c(nnc3-c3ccccc3OC(F)(F)F)SC2)cc1[N+](=O)[O-]. The number of aromatic nitrogens is 3. The third-order valence-electron chi connectivity index (χ3n) is 4.26. The van der Waals surface area contributed by atoms with Crippen LogP contribution in [-0.2, 0) is 0 Å². The first-order valence-corrected chi connectivity index (χ1v) is 9.48. The van der Waals surface area contributed by atoms with E-state index in [0.29, 0.717) is 27.7 Å². The molecule has 2 heterocycles. The lowest BCUT2D eigenvalue weighted by atomic mass is 10.1. The number of para-hydroxylation sites is 1. The topological polar surface area (TPSA) is 95.4 Å². The van der Waals surface area contributed by atoms with Gasteiger partial charge in [0.25, 0.3) is 5.69 Å². The highest BCUT2D eigenvalue weighted by molar-refractivity contribution is 7.99. The Bertz CT molecular complexity index is 1180. The normalized spacial score (nSPS) is 13.5. The third kappa shape index (κ3) is 3.85. The second kappa shape index (κ2) is 7.44. The molecule has 0 amide bonds. The summed E-state index contributed by atoms with van der Waals surface area (Å²) in [7, 11) is 0. The van der Waals surface area contributed by atoms with E-state index in [-0.39, 0.29) is 17.1 Å². The van der Waals surface area contributed by atoms with Crippen molar-refractivity contribution in [3.8, 4) is 17.1 Å². The first kappa shape index (κ1) is 19.9. The van der Waals surface area contributed by atoms with E-state index >= 15 is 0 Å². The Morgan fingerprint density at radius 1 is 1.20 bits per heavy atom. The van der Waals surface area contributed by atoms with E-state index in [1.165, 1.54) is 40.7 Å². The van der Waals surface area contributed by atoms with Crippen LogP contribution in [0.1, 0.15) is 11.1 Å². The fourth-order valence-corrected chi connectivity index (χ4v) is 3.73. The Labute approximate surface area is 171 Å². The summed E-state index contributed by atoms with van der Waals surface area (Å²) >= 11 is 1.27. The van der Waals surface area contributed by atoms with Crippen LogP contribution in [0.2, 0.25) is 0 Å². The van der Waals surface area contributed by atoms with E-state index < -0.39 is 17.0 Å². The van der Waals surface area contributed by atoms with E-state index in [1.54, 1.807) is 25.1 Å². The molecule has 1 aliphatic rings. The summed E-state index contributed by atoms with van der Waals surface area (Å²) in [4.78, 5) is 10.8. The number of rotatable bonds is 4. The first-order chi connectivity index (χ1) is 14.2. The molecule has 154 valence electrons. The Hall–Kier alpha value is -3.41. The highest BCUT2D eigenvalue weighted by Crippen LogP contribution is 2.35. The number of thioether (sulfide) groups is 1. The fourth-order valence-electron chi connectivity index (χ4n) is 2.89. The molecule has 1 aliphatic heterocycles. The van der Waals surface area contributed by atoms with Crippen LogP contribution in [-0.4, -0.2) is 37.6 Å². The zero-order chi connectivity index (χ0) is 21.5. The summed E-state index contributed by atoms with van der Waals surface area (Å²) < 4.78 is 43.7. The average molecular weight is 435 g/mol. The number of nitrogens with zero attached hydrogens (tertiary/aromatic N) is 5. The van der Waals surface area contributed by atoms with E-state index in [1.807, 2.05) is 0 Å². The molecule has 8 nitrogen and oxygen atoms in total. The molecule has 0 aliphatic carbocycles. The van der Waals surface area contributed by atoms with Gasteiger partial charge in [0.05, 0.1) is 16.2 Å². The van der Waals surface area contributed by atoms with Crippen molar-refractivity contribution in [2.24, 2.45) is 5.10 Å². The number of nitro benzene ring substituents is 1. The van der Waals surface area contributed by atoms with Gasteiger partial charge in [-0.25, -0.2) is 0 Å². The second-order valence-electron chi connectivity index (χ2n) is 6.26. The minimum Gasteiger partial charge on any atom is -0.405 e. The molecule has 3 aromatic rings. The van der Waals surface area contributed by atoms with Crippen molar-refractivity contribution in [3.63, 3.8) is 0 Å². The van der Waals surface area contributed by atoms with Crippen LogP contribution in [0, 0.1) is 17.0 Å². The zero-order valence-corrected chi connectivity index (χ0v) is 16.1. The Kier molecular flexibility index (Phi) is 4.94. The molecule has 0 radical (unpaired) electrons. The molecule has 0 saturated heterocycles. The van der Waals surface area contributed by atoms with Crippen LogP contribution in [0.3, 0.4) is 0 Å². The minimum absolute atomic E-state index is 0.0427. The summed E-state index contributed by atoms with van der Waals surface area (Å²) in [6.07, 6.45) is -4.87. The van der Waals surface area contributed by atoms with Gasteiger partial charge in [-0.3, -0.25) is 10.1 Å². The maximum atomic E-state index is 12.8. The van der Waals surface area contributed by atoms with E-state index in [9.17, 15) is 23.3 Å². The van der Waals surface area contributed by atoms with Gasteiger partial charge >= 0.3 is 6.36 Å². The maximum absolute atomic E-state index is 12.8. The molecular formula is C18H12F3N5O3S. The van der Waals surface area contributed by atoms with Crippen molar-refractivity contribution in [2.45, 2.75) is 18.4 Å². The fraction of sp³-hybridized carbons (Fsp3) is 0.167. The number of benzene rings is 2. The molecule has 0 fully saturated rings. The zero-order valence-electron chi connectivity index (χ0n) is 15.3. The summed E-state index contributed by atoms with van der Waals surface area (Å²) in [5.74, 6) is 0.00800. The summed E-state index contributed by atoms with van der Waals surface area (Å²) in [6, 6.07) is 10.3. The van der Waals surface area contributed by atoms with Gasteiger partial charge in [-0.2, -0.15) is 9.78 Å². The minimum atomic E-state index is -4.87. The number of fused-ring (bicyclic) bond motifs is 1. The molecule has 1 aromatic heterocycles. The van der Waals surface area contributed by atoms with Gasteiger partial charge < -0.3 is 4.74 Å². The van der Waals surface area contributed by atoms with Gasteiger partial charge in [0.1, 0.15) is 5.75 Å². The Morgan fingerprint density at radius 3 is 2.70 bits per heavy atom. The van der Waals surface area contributed by atoms with Crippen molar-refractivity contribution in [2.75, 3.05) is 5.75 Å². The standard InChI is InChI=1S/C18H12F3N5O3S/c1-10-6-7-11(8-14(10)26(27)28)13-9-30-17-23-22-16(25(17)24-13)12-4-2-3-5-15(12)29-18(19,20)21/h2-8H,9H2,1H3. The molecule has 0 spiro atoms. The summed E-state index contributed by atoms with van der Waals surface area (Å²) in [5.41, 5.74) is 1.57. The number of hydrogen-bond acceptors (Lipinski definition) is 7. The van der Waals surface area contributed by atoms with Gasteiger partial charge in [0.15, 0.2) is 5.82 Å². The first-order valence-electron chi connectivity index (χ1n) is 8.49. The summed E-state index contributed by atoms with van der Waals surface area (Å²) in [6.45, 7) is 1.63. The predicted molar refractivity (Wildman–Crippen MR) is 103 cm³/mol. The summed E-state index contributed by atoms with van der Waals surface area (Å²) in [5, 5.41) is 24.0. The van der Waals surface area contributed by atoms with Gasteiger partial charge in [0.2, 0.25) is 5.16 Å². The molecule has 30 heavy (non-hydrogen) atoms. The van der Waals surface area contributed by atoms with Crippen molar-refractivity contribution in [1.29, 1.82) is 0 Å². The predicted octanol–water partition coefficient (Wildman–Crippen LogP) is 4.42. The molecule has 0 unspecified atom stereocenters. The molecule has 0 bridgehead atoms. The van der Waals surface area contributed by atoms with Gasteiger partial charge in [-0.05, 0) is 19.1 Å². The van der Waals surface area contributed by atoms with Crippen molar-refractivity contribution >= 4 is 23.2 Å². The van der Waals surface area contributed by atoms with Gasteiger partial charge in [-0.15, -0.1) is 23.4 Å². The smallest absolute Gasteiger partial charge is 0.405 e. The number of nitro groups is 1. The molecule has 0 atom stereocenters. The van der Waals surface area contributed by atoms with Gasteiger partial charge in [-0.1, -0.05) is 36.0 Å². The van der Waals surface area contributed by atoms with Crippen LogP contribution < -0.4 is 4.74 Å². The van der Waals surface area contributed by atoms with E-state index in [2.05, 4.69) is 20.0 Å². The lowest BCUT2D eigenvalue weighted by Crippen LogP contribution is -2.18. The number of halogens is 3. The molecule has 2 aromatic carbocycles. The average Bonchev–Trinajstić information content (AvgIpc) is 3.10. The van der Waals surface area contributed by atoms with Crippen LogP contribution >= 0.6 is 11.8 Å². The molecule has 0 saturated carbocycles. The molecular weight excluding hydrogens is 423 g/mol. The lowest BCUT2D eigenvalue weighted by Gasteiger charge is -2.16. The molecule has 12 heteroatoms. The highest BCUT2D eigenvalue weighted by atomic mass is 32.2. The van der Waals surface area contributed by atoms with Crippen molar-refractivity contribution in [3.05, 3.63) is 63.7 Å². The second-order valence-corrected chi connectivity index (χ2v) is 7.20. The monoisotopic (exact) mass is 435 g/mol. The Balaban J connectivity index is 1.79. The number of ether oxygens (including phenoxy) is 1. The maximum Gasteiger partial charge on any atom is 0.573 e. The van der Waals surface area contributed by atoms with Crippen LogP contribution in [0.5, 0.6) is 5.75 Å². The van der Waals surface area contributed by atoms with Crippen LogP contribution in [0.15, 0.2) is 52.7 Å². The van der Waals surface area contributed by atoms with E-state index in [0.717, 1.165) is 0 Å². The molecule has 4 rings (SSSR count). The third-order valence-corrected chi connectivity index (χ3v) is 5.19. The Morgan fingerprint density at radius 2 is 1.97 bits per heavy atom. The van der Waals surface area contributed by atoms with Crippen molar-refractivity contribution in [1.82, 2.24) is 14.9 Å². The van der Waals surface area contributed by atoms with Crippen LogP contribution in [0.4, 0.5) is 18.9 Å². The number of hydrogen-bond donors (Lipinski definition) is 0. The van der Waals surface area contributed by atoms with Crippen LogP contribution in [0.25, 0.3) is 11.4 Å². The number of alkyl halides is 3. The lowest BCUT2D eigenvalue weighted by molar-refractivity contribution is -0.385. The molecule has 0 N–H and O–H groups in total. The highest BCUT2D eigenvalue weighted by Gasteiger charge is 2.33. The van der Waals surface area contributed by atoms with E-state index in [4.69, 9.17) is 0 Å². The van der Waals surface area contributed by atoms with Gasteiger partial charge in [0, 0.05) is 22.9 Å². The largest absolute Gasteiger partial charge is 0.573 e. The quantitative estimate of drug-likeness (QED) is 0.445. The number of aryl methyl sites for hydroxylation is 1.